The van der Waals surface area contributed by atoms with Crippen LogP contribution in [0.4, 0.5) is 9.59 Å². The zero-order chi connectivity index (χ0) is 46.5. The van der Waals surface area contributed by atoms with Gasteiger partial charge in [-0.25, -0.2) is 29.3 Å². The quantitative estimate of drug-likeness (QED) is 0.0873. The fourth-order valence-corrected chi connectivity index (χ4v) is 9.98. The smallest absolute Gasteiger partial charge is 0.415 e. The first-order valence-corrected chi connectivity index (χ1v) is 24.2. The third kappa shape index (κ3) is 13.0. The molecule has 6 heterocycles. The average molecular weight is 965 g/mol. The summed E-state index contributed by atoms with van der Waals surface area (Å²) in [6.45, 7) is 6.56. The van der Waals surface area contributed by atoms with Crippen molar-refractivity contribution in [3.05, 3.63) is 133 Å². The molecule has 2 aliphatic rings. The van der Waals surface area contributed by atoms with Crippen LogP contribution < -0.4 is 14.3 Å². The average Bonchev–Trinajstić information content (AvgIpc) is 4.22. The van der Waals surface area contributed by atoms with Crippen LogP contribution in [-0.4, -0.2) is 120 Å². The van der Waals surface area contributed by atoms with Crippen molar-refractivity contribution in [3.63, 3.8) is 0 Å². The monoisotopic (exact) mass is 964 g/mol. The molecule has 0 bridgehead atoms. The number of carbonyl (C=O) groups is 3. The van der Waals surface area contributed by atoms with Gasteiger partial charge in [-0.1, -0.05) is 59.6 Å². The highest BCUT2D eigenvalue weighted by Crippen LogP contribution is 2.35. The van der Waals surface area contributed by atoms with E-state index in [4.69, 9.17) is 19.4 Å². The first-order chi connectivity index (χ1) is 32.6. The van der Waals surface area contributed by atoms with Gasteiger partial charge in [0.1, 0.15) is 23.9 Å². The number of tetrazole rings is 1. The molecule has 2 saturated heterocycles. The minimum absolute atomic E-state index is 0.0701. The van der Waals surface area contributed by atoms with Crippen LogP contribution in [0.1, 0.15) is 71.5 Å². The second kappa shape index (κ2) is 22.6. The number of hydrogen-bond donors (Lipinski definition) is 3. The third-order valence-electron chi connectivity index (χ3n) is 10.9. The largest absolute Gasteiger partial charge is 0.478 e. The Kier molecular flexibility index (Phi) is 15.8. The molecule has 2 fully saturated rings. The zero-order valence-electron chi connectivity index (χ0n) is 36.5. The van der Waals surface area contributed by atoms with Gasteiger partial charge in [-0.3, -0.25) is 0 Å². The third-order valence-corrected chi connectivity index (χ3v) is 14.3. The Bertz CT molecular complexity index is 2620. The number of likely N-dealkylation sites (tertiary alicyclic amines) is 2. The van der Waals surface area contributed by atoms with Crippen LogP contribution in [-0.2, 0) is 0 Å². The Morgan fingerprint density at radius 2 is 1.25 bits per heavy atom. The van der Waals surface area contributed by atoms with Gasteiger partial charge < -0.3 is 39.2 Å². The van der Waals surface area contributed by atoms with Crippen molar-refractivity contribution in [1.29, 1.82) is 0 Å². The number of nitrogens with one attached hydrogen (secondary N) is 2. The standard InChI is InChI=1S/C25H25N7O4S2.C20H23N5O3S/c1-16(37-23-26-12-13-27-23)17-4-8-20(9-5-17)36-25(35)31-14-10-21(11-15-31)38-24-28-29-30-32(24)19-6-2-18(3-7-19)22(33)34;1-15(29-19-22-8-9-23-19)16-2-4-17(5-3-16)27-20(26)24-11-6-18(7-12-24)28-25-13-10-21-14-25/h2-9,12-13,16,21H,10-11,14-15H2,1H3,(H,26,27)(H,33,34);2-5,8-10,13-15,18H,6-7,11-12H2,1H3,(H,22,23). The number of rotatable bonds is 14. The van der Waals surface area contributed by atoms with Gasteiger partial charge in [0.2, 0.25) is 5.16 Å². The predicted octanol–water partition coefficient (Wildman–Crippen LogP) is 8.24. The van der Waals surface area contributed by atoms with E-state index < -0.39 is 5.97 Å². The topological polar surface area (TPSA) is 224 Å². The molecule has 2 unspecified atom stereocenters. The van der Waals surface area contributed by atoms with Gasteiger partial charge in [-0.2, -0.15) is 9.41 Å². The molecule has 0 radical (unpaired) electrons. The van der Waals surface area contributed by atoms with Gasteiger partial charge >= 0.3 is 18.2 Å². The molecule has 22 heteroatoms. The van der Waals surface area contributed by atoms with Crippen molar-refractivity contribution in [2.45, 2.75) is 76.9 Å². The van der Waals surface area contributed by atoms with E-state index in [0.717, 1.165) is 47.1 Å². The molecule has 9 rings (SSSR count). The minimum atomic E-state index is -0.986. The van der Waals surface area contributed by atoms with Crippen LogP contribution in [0.5, 0.6) is 11.5 Å². The lowest BCUT2D eigenvalue weighted by molar-refractivity contribution is -0.0000266. The Morgan fingerprint density at radius 1 is 0.716 bits per heavy atom. The van der Waals surface area contributed by atoms with Crippen molar-refractivity contribution in [2.75, 3.05) is 26.2 Å². The van der Waals surface area contributed by atoms with Crippen molar-refractivity contribution in [2.24, 2.45) is 0 Å². The molecule has 19 nitrogen and oxygen atoms in total. The van der Waals surface area contributed by atoms with E-state index in [1.54, 1.807) is 104 Å². The van der Waals surface area contributed by atoms with Crippen molar-refractivity contribution in [1.82, 2.24) is 59.7 Å². The molecule has 7 aromatic rings. The summed E-state index contributed by atoms with van der Waals surface area (Å²) in [7, 11) is 0. The highest BCUT2D eigenvalue weighted by Gasteiger charge is 2.28. The number of aromatic nitrogens is 10. The summed E-state index contributed by atoms with van der Waals surface area (Å²) in [5.41, 5.74) is 3.14. The summed E-state index contributed by atoms with van der Waals surface area (Å²) in [5.74, 6) is 0.0734. The number of carboxylic acids is 1. The molecule has 3 N–H and O–H groups in total. The fourth-order valence-electron chi connectivity index (χ4n) is 7.14. The molecule has 4 aromatic heterocycles. The van der Waals surface area contributed by atoms with Crippen molar-refractivity contribution < 1.29 is 33.8 Å². The lowest BCUT2D eigenvalue weighted by atomic mass is 10.1. The molecule has 0 spiro atoms. The SMILES string of the molecule is CC(Sc1ncc[nH]1)c1ccc(OC(=O)N2CCC(On3ccnc3)CC2)cc1.CC(Sc1ncc[nH]1)c1ccc(OC(=O)N2CCC(Sc3nnnn3-c3ccc(C(=O)O)cc3)CC2)cc1. The predicted molar refractivity (Wildman–Crippen MR) is 251 cm³/mol. The molecule has 2 aliphatic heterocycles. The number of thioether (sulfide) groups is 3. The van der Waals surface area contributed by atoms with E-state index in [2.05, 4.69) is 54.3 Å². The van der Waals surface area contributed by atoms with Gasteiger partial charge in [0.05, 0.1) is 17.4 Å². The maximum Gasteiger partial charge on any atom is 0.415 e. The maximum absolute atomic E-state index is 12.7. The lowest BCUT2D eigenvalue weighted by Gasteiger charge is -2.31. The molecule has 2 atom stereocenters. The lowest BCUT2D eigenvalue weighted by Crippen LogP contribution is -2.44. The number of carbonyl (C=O) groups excluding carboxylic acids is 2. The van der Waals surface area contributed by atoms with Gasteiger partial charge in [-0.05, 0) is 96.8 Å². The number of aromatic amines is 2. The number of carboxylic acid groups (broad SMARTS) is 1. The van der Waals surface area contributed by atoms with E-state index >= 15 is 0 Å². The Labute approximate surface area is 398 Å². The van der Waals surface area contributed by atoms with E-state index in [9.17, 15) is 14.4 Å². The number of H-pyrrole nitrogens is 2. The number of nitrogens with zero attached hydrogens (tertiary/aromatic N) is 10. The van der Waals surface area contributed by atoms with Crippen LogP contribution in [0.2, 0.25) is 0 Å². The van der Waals surface area contributed by atoms with Gasteiger partial charge in [0, 0.05) is 85.8 Å². The summed E-state index contributed by atoms with van der Waals surface area (Å²) in [6, 6.07) is 21.6. The number of ether oxygens (including phenoxy) is 2. The van der Waals surface area contributed by atoms with Crippen LogP contribution in [0.3, 0.4) is 0 Å². The van der Waals surface area contributed by atoms with Gasteiger partial charge in [0.15, 0.2) is 10.3 Å². The van der Waals surface area contributed by atoms with Crippen LogP contribution >= 0.6 is 35.3 Å². The van der Waals surface area contributed by atoms with E-state index in [0.29, 0.717) is 48.5 Å². The fraction of sp³-hybridized carbons (Fsp3) is 0.311. The number of piperidine rings is 2. The number of imidazole rings is 3. The summed E-state index contributed by atoms with van der Waals surface area (Å²) in [4.78, 5) is 64.1. The zero-order valence-corrected chi connectivity index (χ0v) is 39.0. The molecule has 67 heavy (non-hydrogen) atoms. The molecular formula is C45H48N12O7S3. The molecule has 0 saturated carbocycles. The number of aromatic carboxylic acids is 1. The van der Waals surface area contributed by atoms with Gasteiger partial charge in [-0.15, -0.1) is 5.10 Å². The van der Waals surface area contributed by atoms with Crippen LogP contribution in [0.15, 0.2) is 132 Å². The normalized spacial score (nSPS) is 15.3. The van der Waals surface area contributed by atoms with E-state index in [-0.39, 0.29) is 39.6 Å². The molecule has 348 valence electrons. The van der Waals surface area contributed by atoms with Crippen molar-refractivity contribution >= 4 is 53.4 Å². The number of benzene rings is 3. The molecule has 2 amide bonds. The highest BCUT2D eigenvalue weighted by atomic mass is 32.2. The van der Waals surface area contributed by atoms with Gasteiger partial charge in [0.25, 0.3) is 0 Å². The summed E-state index contributed by atoms with van der Waals surface area (Å²) in [5, 5.41) is 24.1. The van der Waals surface area contributed by atoms with E-state index in [1.807, 2.05) is 54.7 Å². The number of amides is 2. The molecule has 3 aromatic carbocycles. The first-order valence-electron chi connectivity index (χ1n) is 21.5. The minimum Gasteiger partial charge on any atom is -0.478 e. The summed E-state index contributed by atoms with van der Waals surface area (Å²) >= 11 is 4.82. The summed E-state index contributed by atoms with van der Waals surface area (Å²) < 4.78 is 14.4. The number of hydrogen-bond acceptors (Lipinski definition) is 15. The molecule has 0 aliphatic carbocycles. The Morgan fingerprint density at radius 3 is 1.73 bits per heavy atom. The van der Waals surface area contributed by atoms with E-state index in [1.165, 1.54) is 12.1 Å². The van der Waals surface area contributed by atoms with Crippen LogP contribution in [0, 0.1) is 0 Å². The maximum atomic E-state index is 12.7. The summed E-state index contributed by atoms with van der Waals surface area (Å²) in [6.07, 6.45) is 14.6. The van der Waals surface area contributed by atoms with Crippen molar-refractivity contribution in [3.8, 4) is 17.2 Å². The second-order valence-electron chi connectivity index (χ2n) is 15.4. The highest BCUT2D eigenvalue weighted by molar-refractivity contribution is 8.00. The first kappa shape index (κ1) is 46.7. The Hall–Kier alpha value is -6.78. The Balaban J connectivity index is 0.000000188. The van der Waals surface area contributed by atoms with Crippen LogP contribution in [0.25, 0.3) is 5.69 Å². The second-order valence-corrected chi connectivity index (χ2v) is 19.4. The molecular weight excluding hydrogens is 917 g/mol.